The number of anilines is 1. The number of esters is 1. The minimum atomic E-state index is -0.422. The molecular weight excluding hydrogens is 479 g/mol. The molecule has 1 aromatic heterocycles. The Hall–Kier alpha value is -4.24. The highest BCUT2D eigenvalue weighted by atomic mass is 32.1. The van der Waals surface area contributed by atoms with Crippen molar-refractivity contribution < 1.29 is 19.0 Å². The largest absolute Gasteiger partial charge is 0.494 e. The van der Waals surface area contributed by atoms with Crippen molar-refractivity contribution in [2.75, 3.05) is 11.9 Å². The van der Waals surface area contributed by atoms with Crippen LogP contribution in [0.1, 0.15) is 35.3 Å². The molecule has 0 bridgehead atoms. The number of aromatic hydroxyl groups is 1. The Balaban J connectivity index is 1.58. The molecule has 36 heavy (non-hydrogen) atoms. The Labute approximate surface area is 213 Å². The van der Waals surface area contributed by atoms with Crippen LogP contribution >= 0.6 is 12.2 Å². The van der Waals surface area contributed by atoms with E-state index in [1.54, 1.807) is 48.7 Å². The van der Waals surface area contributed by atoms with Crippen LogP contribution in [0.4, 0.5) is 10.1 Å². The number of halogens is 1. The summed E-state index contributed by atoms with van der Waals surface area (Å²) in [6, 6.07) is 18.7. The van der Waals surface area contributed by atoms with E-state index in [-0.39, 0.29) is 11.0 Å². The maximum Gasteiger partial charge on any atom is 0.338 e. The highest BCUT2D eigenvalue weighted by Crippen LogP contribution is 2.35. The summed E-state index contributed by atoms with van der Waals surface area (Å²) in [6.45, 7) is 5.72. The SMILES string of the molecule is CCOC(=O)c1ccc(NC(=S)N/N=C(\C)c2c(O)n(-c3ccc(C)cc3)c3ccc(F)cc23)cc1. The summed E-state index contributed by atoms with van der Waals surface area (Å²) in [5, 5.41) is 19.2. The quantitative estimate of drug-likeness (QED) is 0.136. The number of thiocarbonyl (C=S) groups is 1. The van der Waals surface area contributed by atoms with Crippen molar-refractivity contribution in [2.24, 2.45) is 5.10 Å². The molecule has 3 N–H and O–H groups in total. The van der Waals surface area contributed by atoms with Gasteiger partial charge in [-0.05, 0) is 87.6 Å². The highest BCUT2D eigenvalue weighted by Gasteiger charge is 2.20. The van der Waals surface area contributed by atoms with Gasteiger partial charge in [0.25, 0.3) is 0 Å². The third kappa shape index (κ3) is 5.21. The van der Waals surface area contributed by atoms with Gasteiger partial charge in [0, 0.05) is 16.8 Å². The lowest BCUT2D eigenvalue weighted by atomic mass is 10.1. The van der Waals surface area contributed by atoms with Crippen LogP contribution in [0.5, 0.6) is 5.88 Å². The zero-order chi connectivity index (χ0) is 25.8. The molecule has 0 atom stereocenters. The van der Waals surface area contributed by atoms with Crippen LogP contribution < -0.4 is 10.7 Å². The van der Waals surface area contributed by atoms with Crippen molar-refractivity contribution in [3.8, 4) is 11.6 Å². The molecule has 0 saturated carbocycles. The molecule has 0 spiro atoms. The lowest BCUT2D eigenvalue weighted by Crippen LogP contribution is -2.25. The number of nitrogens with one attached hydrogen (secondary N) is 2. The number of ether oxygens (including phenoxy) is 1. The van der Waals surface area contributed by atoms with Crippen molar-refractivity contribution in [3.63, 3.8) is 0 Å². The van der Waals surface area contributed by atoms with E-state index in [2.05, 4.69) is 15.8 Å². The first kappa shape index (κ1) is 24.9. The number of hydrazone groups is 1. The van der Waals surface area contributed by atoms with Crippen molar-refractivity contribution in [3.05, 3.63) is 89.2 Å². The smallest absolute Gasteiger partial charge is 0.338 e. The summed E-state index contributed by atoms with van der Waals surface area (Å²) in [5.41, 5.74) is 7.10. The molecule has 0 aliphatic heterocycles. The Kier molecular flexibility index (Phi) is 7.30. The zero-order valence-corrected chi connectivity index (χ0v) is 20.8. The number of hydrogen-bond acceptors (Lipinski definition) is 5. The zero-order valence-electron chi connectivity index (χ0n) is 20.0. The molecule has 0 amide bonds. The van der Waals surface area contributed by atoms with Crippen molar-refractivity contribution >= 4 is 45.6 Å². The topological polar surface area (TPSA) is 87.9 Å². The number of carbonyl (C=O) groups is 1. The number of carbonyl (C=O) groups excluding carboxylic acids is 1. The van der Waals surface area contributed by atoms with E-state index in [4.69, 9.17) is 17.0 Å². The molecule has 0 radical (unpaired) electrons. The normalized spacial score (nSPS) is 11.4. The van der Waals surface area contributed by atoms with Gasteiger partial charge in [-0.25, -0.2) is 9.18 Å². The second-order valence-electron chi connectivity index (χ2n) is 8.09. The monoisotopic (exact) mass is 504 g/mol. The molecule has 3 aromatic carbocycles. The van der Waals surface area contributed by atoms with Crippen LogP contribution in [0.3, 0.4) is 0 Å². The lowest BCUT2D eigenvalue weighted by Gasteiger charge is -2.09. The number of aryl methyl sites for hydroxylation is 1. The van der Waals surface area contributed by atoms with Gasteiger partial charge >= 0.3 is 5.97 Å². The number of rotatable bonds is 6. The number of nitrogens with zero attached hydrogens (tertiary/aromatic N) is 2. The van der Waals surface area contributed by atoms with Gasteiger partial charge < -0.3 is 15.2 Å². The fourth-order valence-corrected chi connectivity index (χ4v) is 3.98. The minimum absolute atomic E-state index is 0.0593. The molecule has 0 unspecified atom stereocenters. The van der Waals surface area contributed by atoms with Gasteiger partial charge in [0.15, 0.2) is 5.11 Å². The molecule has 9 heteroatoms. The number of hydrogen-bond donors (Lipinski definition) is 3. The molecule has 184 valence electrons. The van der Waals surface area contributed by atoms with Crippen molar-refractivity contribution in [2.45, 2.75) is 20.8 Å². The van der Waals surface area contributed by atoms with E-state index >= 15 is 0 Å². The summed E-state index contributed by atoms with van der Waals surface area (Å²) in [4.78, 5) is 11.8. The number of fused-ring (bicyclic) bond motifs is 1. The third-order valence-electron chi connectivity index (χ3n) is 5.54. The van der Waals surface area contributed by atoms with Gasteiger partial charge in [-0.15, -0.1) is 0 Å². The summed E-state index contributed by atoms with van der Waals surface area (Å²) >= 11 is 5.33. The Bertz CT molecular complexity index is 1460. The average molecular weight is 505 g/mol. The molecular formula is C27H25FN4O3S. The van der Waals surface area contributed by atoms with Crippen LogP contribution in [0.25, 0.3) is 16.6 Å². The molecule has 0 saturated heterocycles. The molecule has 0 aliphatic rings. The molecule has 1 heterocycles. The van der Waals surface area contributed by atoms with Crippen LogP contribution in [0, 0.1) is 12.7 Å². The maximum atomic E-state index is 14.1. The van der Waals surface area contributed by atoms with Gasteiger partial charge in [-0.1, -0.05) is 17.7 Å². The molecule has 0 aliphatic carbocycles. The van der Waals surface area contributed by atoms with E-state index in [0.29, 0.717) is 40.0 Å². The van der Waals surface area contributed by atoms with Crippen LogP contribution in [-0.2, 0) is 4.74 Å². The van der Waals surface area contributed by atoms with Crippen LogP contribution in [0.15, 0.2) is 71.8 Å². The van der Waals surface area contributed by atoms with Crippen LogP contribution in [0.2, 0.25) is 0 Å². The number of benzene rings is 3. The Morgan fingerprint density at radius 2 is 1.81 bits per heavy atom. The third-order valence-corrected chi connectivity index (χ3v) is 5.73. The van der Waals surface area contributed by atoms with E-state index < -0.39 is 11.8 Å². The fraction of sp³-hybridized carbons (Fsp3) is 0.148. The summed E-state index contributed by atoms with van der Waals surface area (Å²) in [5.74, 6) is -0.879. The van der Waals surface area contributed by atoms with E-state index in [0.717, 1.165) is 11.3 Å². The van der Waals surface area contributed by atoms with E-state index in [1.807, 2.05) is 31.2 Å². The lowest BCUT2D eigenvalue weighted by molar-refractivity contribution is 0.0526. The van der Waals surface area contributed by atoms with Gasteiger partial charge in [-0.2, -0.15) is 5.10 Å². The fourth-order valence-electron chi connectivity index (χ4n) is 3.82. The molecule has 4 aromatic rings. The molecule has 4 rings (SSSR count). The first-order valence-electron chi connectivity index (χ1n) is 11.3. The second kappa shape index (κ2) is 10.6. The maximum absolute atomic E-state index is 14.1. The summed E-state index contributed by atoms with van der Waals surface area (Å²) in [7, 11) is 0. The van der Waals surface area contributed by atoms with E-state index in [9.17, 15) is 14.3 Å². The first-order valence-corrected chi connectivity index (χ1v) is 11.7. The first-order chi connectivity index (χ1) is 17.3. The summed E-state index contributed by atoms with van der Waals surface area (Å²) in [6.07, 6.45) is 0. The second-order valence-corrected chi connectivity index (χ2v) is 8.50. The van der Waals surface area contributed by atoms with Crippen molar-refractivity contribution in [1.29, 1.82) is 0 Å². The predicted octanol–water partition coefficient (Wildman–Crippen LogP) is 5.67. The molecule has 0 fully saturated rings. The minimum Gasteiger partial charge on any atom is -0.494 e. The van der Waals surface area contributed by atoms with Gasteiger partial charge in [-0.3, -0.25) is 9.99 Å². The Morgan fingerprint density at radius 1 is 1.11 bits per heavy atom. The van der Waals surface area contributed by atoms with Gasteiger partial charge in [0.2, 0.25) is 5.88 Å². The van der Waals surface area contributed by atoms with Crippen LogP contribution in [-0.4, -0.2) is 33.1 Å². The Morgan fingerprint density at radius 3 is 2.47 bits per heavy atom. The standard InChI is InChI=1S/C27H25FN4O3S/c1-4-35-26(34)18-7-10-20(11-8-18)29-27(36)31-30-17(3)24-22-15-19(28)9-14-23(22)32(25(24)33)21-12-5-16(2)6-13-21/h5-15,33H,4H2,1-3H3,(H2,29,31,36)/b30-17+. The number of aromatic nitrogens is 1. The van der Waals surface area contributed by atoms with Gasteiger partial charge in [0.1, 0.15) is 5.82 Å². The molecule has 7 nitrogen and oxygen atoms in total. The van der Waals surface area contributed by atoms with Crippen molar-refractivity contribution in [1.82, 2.24) is 9.99 Å². The average Bonchev–Trinajstić information content (AvgIpc) is 3.14. The highest BCUT2D eigenvalue weighted by molar-refractivity contribution is 7.80. The predicted molar refractivity (Wildman–Crippen MR) is 144 cm³/mol. The van der Waals surface area contributed by atoms with E-state index in [1.165, 1.54) is 12.1 Å². The van der Waals surface area contributed by atoms with Gasteiger partial charge in [0.05, 0.1) is 29.0 Å². The summed E-state index contributed by atoms with van der Waals surface area (Å²) < 4.78 is 20.8.